The van der Waals surface area contributed by atoms with Gasteiger partial charge in [0.05, 0.1) is 0 Å². The molecule has 4 heteroatoms. The third-order valence-electron chi connectivity index (χ3n) is 2.98. The molecule has 1 atom stereocenters. The maximum Gasteiger partial charge on any atom is 0.251 e. The van der Waals surface area contributed by atoms with Crippen LogP contribution in [0.15, 0.2) is 18.2 Å². The normalized spacial score (nSPS) is 12.5. The van der Waals surface area contributed by atoms with Crippen LogP contribution in [0.25, 0.3) is 0 Å². The van der Waals surface area contributed by atoms with E-state index in [1.54, 1.807) is 12.1 Å². The van der Waals surface area contributed by atoms with Crippen molar-refractivity contribution in [2.45, 2.75) is 19.9 Å². The lowest BCUT2D eigenvalue weighted by Gasteiger charge is -2.20. The Labute approximate surface area is 103 Å². The highest BCUT2D eigenvalue weighted by Gasteiger charge is 2.09. The average molecular weight is 235 g/mol. The number of nitrogens with zero attached hydrogens (tertiary/aromatic N) is 1. The predicted octanol–water partition coefficient (Wildman–Crippen LogP) is 1.26. The monoisotopic (exact) mass is 235 g/mol. The molecule has 0 saturated heterocycles. The predicted molar refractivity (Wildman–Crippen MR) is 71.1 cm³/mol. The number of amides is 1. The number of hydrogen-bond donors (Lipinski definition) is 2. The van der Waals surface area contributed by atoms with E-state index >= 15 is 0 Å². The second kappa shape index (κ2) is 5.68. The molecule has 1 unspecified atom stereocenters. The van der Waals surface area contributed by atoms with E-state index in [1.165, 1.54) is 0 Å². The molecule has 1 rings (SSSR count). The summed E-state index contributed by atoms with van der Waals surface area (Å²) in [5, 5.41) is 2.89. The Morgan fingerprint density at radius 2 is 2.12 bits per heavy atom. The van der Waals surface area contributed by atoms with Gasteiger partial charge in [-0.15, -0.1) is 0 Å². The Morgan fingerprint density at radius 3 is 2.65 bits per heavy atom. The van der Waals surface area contributed by atoms with Crippen LogP contribution in [0, 0.1) is 6.92 Å². The second-order valence-corrected chi connectivity index (χ2v) is 4.59. The number of nitrogen functional groups attached to an aromatic ring is 1. The zero-order valence-electron chi connectivity index (χ0n) is 10.9. The van der Waals surface area contributed by atoms with Crippen molar-refractivity contribution >= 4 is 11.6 Å². The molecule has 1 aromatic rings. The molecule has 3 N–H and O–H groups in total. The molecule has 0 aliphatic carbocycles. The van der Waals surface area contributed by atoms with Crippen molar-refractivity contribution in [2.75, 3.05) is 26.4 Å². The van der Waals surface area contributed by atoms with E-state index in [9.17, 15) is 4.79 Å². The SMILES string of the molecule is Cc1ccc(C(=O)NCC(C)N(C)C)cc1N. The molecule has 94 valence electrons. The van der Waals surface area contributed by atoms with Gasteiger partial charge in [-0.1, -0.05) is 6.07 Å². The summed E-state index contributed by atoms with van der Waals surface area (Å²) in [5.74, 6) is -0.0783. The first-order chi connectivity index (χ1) is 7.91. The van der Waals surface area contributed by atoms with Crippen LogP contribution in [0.1, 0.15) is 22.8 Å². The van der Waals surface area contributed by atoms with Crippen LogP contribution in [0.5, 0.6) is 0 Å². The molecule has 0 saturated carbocycles. The zero-order chi connectivity index (χ0) is 13.0. The number of hydrogen-bond acceptors (Lipinski definition) is 3. The molecule has 17 heavy (non-hydrogen) atoms. The lowest BCUT2D eigenvalue weighted by molar-refractivity contribution is 0.0943. The molecule has 0 spiro atoms. The molecular formula is C13H21N3O. The van der Waals surface area contributed by atoms with Gasteiger partial charge in [0.2, 0.25) is 0 Å². The summed E-state index contributed by atoms with van der Waals surface area (Å²) in [4.78, 5) is 13.9. The van der Waals surface area contributed by atoms with Crippen LogP contribution in [-0.4, -0.2) is 37.5 Å². The Morgan fingerprint density at radius 1 is 1.47 bits per heavy atom. The van der Waals surface area contributed by atoms with Crippen LogP contribution >= 0.6 is 0 Å². The molecule has 0 aliphatic rings. The fraction of sp³-hybridized carbons (Fsp3) is 0.462. The van der Waals surface area contributed by atoms with Crippen LogP contribution in [0.4, 0.5) is 5.69 Å². The Balaban J connectivity index is 2.61. The number of rotatable bonds is 4. The number of nitrogens with two attached hydrogens (primary N) is 1. The van der Waals surface area contributed by atoms with Crippen LogP contribution < -0.4 is 11.1 Å². The van der Waals surface area contributed by atoms with Gasteiger partial charge < -0.3 is 16.0 Å². The Kier molecular flexibility index (Phi) is 4.52. The number of aryl methyl sites for hydroxylation is 1. The van der Waals surface area contributed by atoms with Crippen molar-refractivity contribution in [3.8, 4) is 0 Å². The Hall–Kier alpha value is -1.55. The van der Waals surface area contributed by atoms with Crippen LogP contribution in [-0.2, 0) is 0 Å². The molecule has 0 bridgehead atoms. The summed E-state index contributed by atoms with van der Waals surface area (Å²) >= 11 is 0. The lowest BCUT2D eigenvalue weighted by atomic mass is 10.1. The van der Waals surface area contributed by atoms with Crippen molar-refractivity contribution in [3.63, 3.8) is 0 Å². The number of likely N-dealkylation sites (N-methyl/N-ethyl adjacent to an activating group) is 1. The smallest absolute Gasteiger partial charge is 0.251 e. The minimum Gasteiger partial charge on any atom is -0.398 e. The largest absolute Gasteiger partial charge is 0.398 e. The van der Waals surface area contributed by atoms with E-state index < -0.39 is 0 Å². The third-order valence-corrected chi connectivity index (χ3v) is 2.98. The first-order valence-corrected chi connectivity index (χ1v) is 5.72. The average Bonchev–Trinajstić information content (AvgIpc) is 2.28. The minimum absolute atomic E-state index is 0.0783. The van der Waals surface area contributed by atoms with Gasteiger partial charge in [-0.2, -0.15) is 0 Å². The van der Waals surface area contributed by atoms with Gasteiger partial charge in [0.15, 0.2) is 0 Å². The topological polar surface area (TPSA) is 58.4 Å². The third kappa shape index (κ3) is 3.75. The lowest BCUT2D eigenvalue weighted by Crippen LogP contribution is -2.38. The summed E-state index contributed by atoms with van der Waals surface area (Å²) in [5.41, 5.74) is 8.02. The summed E-state index contributed by atoms with van der Waals surface area (Å²) in [6.45, 7) is 4.61. The number of carbonyl (C=O) groups excluding carboxylic acids is 1. The molecule has 0 aliphatic heterocycles. The summed E-state index contributed by atoms with van der Waals surface area (Å²) in [7, 11) is 3.97. The van der Waals surface area contributed by atoms with Gasteiger partial charge in [-0.3, -0.25) is 4.79 Å². The first-order valence-electron chi connectivity index (χ1n) is 5.72. The Bertz CT molecular complexity index is 402. The summed E-state index contributed by atoms with van der Waals surface area (Å²) < 4.78 is 0. The van der Waals surface area contributed by atoms with E-state index in [2.05, 4.69) is 17.1 Å². The fourth-order valence-electron chi connectivity index (χ4n) is 1.31. The number of carbonyl (C=O) groups is 1. The van der Waals surface area contributed by atoms with Crippen molar-refractivity contribution in [1.29, 1.82) is 0 Å². The highest BCUT2D eigenvalue weighted by Crippen LogP contribution is 2.12. The molecule has 0 fully saturated rings. The number of anilines is 1. The zero-order valence-corrected chi connectivity index (χ0v) is 10.9. The first kappa shape index (κ1) is 13.5. The van der Waals surface area contributed by atoms with Gasteiger partial charge in [0, 0.05) is 23.8 Å². The maximum absolute atomic E-state index is 11.9. The minimum atomic E-state index is -0.0783. The molecule has 1 amide bonds. The molecular weight excluding hydrogens is 214 g/mol. The molecule has 0 heterocycles. The van der Waals surface area contributed by atoms with E-state index in [0.29, 0.717) is 23.8 Å². The highest BCUT2D eigenvalue weighted by atomic mass is 16.1. The summed E-state index contributed by atoms with van der Waals surface area (Å²) in [6, 6.07) is 5.67. The van der Waals surface area contributed by atoms with E-state index in [1.807, 2.05) is 27.1 Å². The van der Waals surface area contributed by atoms with Crippen molar-refractivity contribution in [1.82, 2.24) is 10.2 Å². The van der Waals surface area contributed by atoms with Crippen LogP contribution in [0.2, 0.25) is 0 Å². The van der Waals surface area contributed by atoms with E-state index in [0.717, 1.165) is 5.56 Å². The fourth-order valence-corrected chi connectivity index (χ4v) is 1.31. The standard InChI is InChI=1S/C13H21N3O/c1-9-5-6-11(7-12(9)14)13(17)15-8-10(2)16(3)4/h5-7,10H,8,14H2,1-4H3,(H,15,17). The second-order valence-electron chi connectivity index (χ2n) is 4.59. The molecule has 0 radical (unpaired) electrons. The molecule has 1 aromatic carbocycles. The number of nitrogens with one attached hydrogen (secondary N) is 1. The molecule has 4 nitrogen and oxygen atoms in total. The maximum atomic E-state index is 11.9. The van der Waals surface area contributed by atoms with Gasteiger partial charge in [-0.05, 0) is 45.6 Å². The van der Waals surface area contributed by atoms with Gasteiger partial charge in [0.25, 0.3) is 5.91 Å². The number of benzene rings is 1. The highest BCUT2D eigenvalue weighted by molar-refractivity contribution is 5.95. The summed E-state index contributed by atoms with van der Waals surface area (Å²) in [6.07, 6.45) is 0. The van der Waals surface area contributed by atoms with Gasteiger partial charge in [-0.25, -0.2) is 0 Å². The van der Waals surface area contributed by atoms with Gasteiger partial charge >= 0.3 is 0 Å². The van der Waals surface area contributed by atoms with Crippen molar-refractivity contribution < 1.29 is 4.79 Å². The quantitative estimate of drug-likeness (QED) is 0.772. The van der Waals surface area contributed by atoms with Crippen molar-refractivity contribution in [2.24, 2.45) is 0 Å². The molecule has 0 aromatic heterocycles. The van der Waals surface area contributed by atoms with E-state index in [-0.39, 0.29) is 5.91 Å². The van der Waals surface area contributed by atoms with Gasteiger partial charge in [0.1, 0.15) is 0 Å². The van der Waals surface area contributed by atoms with Crippen molar-refractivity contribution in [3.05, 3.63) is 29.3 Å². The van der Waals surface area contributed by atoms with Crippen LogP contribution in [0.3, 0.4) is 0 Å². The van der Waals surface area contributed by atoms with E-state index in [4.69, 9.17) is 5.73 Å².